The molecule has 1 atom stereocenters. The Bertz CT molecular complexity index is 805. The Morgan fingerprint density at radius 3 is 2.68 bits per heavy atom. The maximum absolute atomic E-state index is 11.6. The average Bonchev–Trinajstić information content (AvgIpc) is 2.53. The van der Waals surface area contributed by atoms with Crippen molar-refractivity contribution in [1.82, 2.24) is 4.98 Å². The Kier molecular flexibility index (Phi) is 4.17. The molecule has 6 nitrogen and oxygen atoms in total. The van der Waals surface area contributed by atoms with Gasteiger partial charge in [-0.3, -0.25) is 0 Å². The molecule has 2 aromatic carbocycles. The van der Waals surface area contributed by atoms with Crippen molar-refractivity contribution in [3.8, 4) is 0 Å². The molecule has 3 aromatic rings. The Labute approximate surface area is 127 Å². The van der Waals surface area contributed by atoms with E-state index in [2.05, 4.69) is 10.3 Å². The molecule has 0 aliphatic carbocycles. The second-order valence-electron chi connectivity index (χ2n) is 5.08. The van der Waals surface area contributed by atoms with Gasteiger partial charge in [-0.15, -0.1) is 0 Å². The summed E-state index contributed by atoms with van der Waals surface area (Å²) in [6, 6.07) is 12.9. The predicted molar refractivity (Wildman–Crippen MR) is 87.2 cm³/mol. The number of anilines is 1. The van der Waals surface area contributed by atoms with Crippen molar-refractivity contribution in [1.29, 1.82) is 0 Å². The summed E-state index contributed by atoms with van der Waals surface area (Å²) in [4.78, 5) is 4.58. The number of nitrogens with one attached hydrogen (secondary N) is 2. The zero-order chi connectivity index (χ0) is 15.5. The smallest absolute Gasteiger partial charge is 0.175 e. The van der Waals surface area contributed by atoms with Crippen molar-refractivity contribution in [2.75, 3.05) is 18.4 Å². The van der Waals surface area contributed by atoms with Gasteiger partial charge >= 0.3 is 0 Å². The molecule has 114 valence electrons. The van der Waals surface area contributed by atoms with Gasteiger partial charge in [0.1, 0.15) is 0 Å². The van der Waals surface area contributed by atoms with Crippen LogP contribution < -0.4 is 16.3 Å². The van der Waals surface area contributed by atoms with Crippen LogP contribution in [0.15, 0.2) is 42.5 Å². The molecule has 6 heteroatoms. The fourth-order valence-electron chi connectivity index (χ4n) is 2.62. The fourth-order valence-corrected chi connectivity index (χ4v) is 2.62. The Morgan fingerprint density at radius 1 is 1.14 bits per heavy atom. The molecule has 0 saturated carbocycles. The number of aromatic nitrogens is 1. The summed E-state index contributed by atoms with van der Waals surface area (Å²) in [5.41, 5.74) is 8.13. The van der Waals surface area contributed by atoms with E-state index in [1.807, 2.05) is 30.3 Å². The quantitative estimate of drug-likeness (QED) is 0.325. The topological polar surface area (TPSA) is 98.7 Å². The number of nitrogens with two attached hydrogens (primary N) is 1. The standard InChI is InChI=1S/C16H18N4O2/c17-9-4-10-18-16-11-5-1-2-6-12(11)19-13-7-3-8-14(15(13)16)20(21)22/h1-3,5-8,20-21H,4,9-10,17H2,(H,18,19). The molecule has 0 bridgehead atoms. The molecular weight excluding hydrogens is 280 g/mol. The molecule has 1 aromatic heterocycles. The molecule has 0 radical (unpaired) electrons. The van der Waals surface area contributed by atoms with Gasteiger partial charge in [-0.05, 0) is 25.1 Å². The van der Waals surface area contributed by atoms with E-state index in [-0.39, 0.29) is 5.69 Å². The number of nitrogens with zero attached hydrogens (tertiary/aromatic N) is 1. The predicted octanol–water partition coefficient (Wildman–Crippen LogP) is 1.55. The van der Waals surface area contributed by atoms with Crippen LogP contribution in [0.25, 0.3) is 21.8 Å². The first kappa shape index (κ1) is 14.7. The molecule has 22 heavy (non-hydrogen) atoms. The van der Waals surface area contributed by atoms with Crippen LogP contribution in [0.3, 0.4) is 0 Å². The molecule has 5 N–H and O–H groups in total. The summed E-state index contributed by atoms with van der Waals surface area (Å²) in [5.74, 6) is 0. The summed E-state index contributed by atoms with van der Waals surface area (Å²) in [6.07, 6.45) is 0.813. The molecule has 3 rings (SSSR count). The maximum atomic E-state index is 11.6. The van der Waals surface area contributed by atoms with E-state index >= 15 is 0 Å². The van der Waals surface area contributed by atoms with E-state index in [1.165, 1.54) is 0 Å². The Hall–Kier alpha value is -2.25. The van der Waals surface area contributed by atoms with Crippen LogP contribution in [0.1, 0.15) is 6.42 Å². The normalized spacial score (nSPS) is 12.7. The summed E-state index contributed by atoms with van der Waals surface area (Å²) in [6.45, 7) is 1.27. The Balaban J connectivity index is 2.30. The third-order valence-corrected chi connectivity index (χ3v) is 3.62. The number of para-hydroxylation sites is 1. The lowest BCUT2D eigenvalue weighted by Gasteiger charge is -2.18. The van der Waals surface area contributed by atoms with Crippen LogP contribution in [0, 0.1) is 5.21 Å². The molecule has 0 spiro atoms. The highest BCUT2D eigenvalue weighted by Crippen LogP contribution is 2.34. The Morgan fingerprint density at radius 2 is 1.91 bits per heavy atom. The van der Waals surface area contributed by atoms with Gasteiger partial charge in [0.2, 0.25) is 0 Å². The molecule has 0 amide bonds. The second kappa shape index (κ2) is 6.25. The van der Waals surface area contributed by atoms with Crippen molar-refractivity contribution in [2.45, 2.75) is 6.42 Å². The molecule has 0 fully saturated rings. The van der Waals surface area contributed by atoms with E-state index in [4.69, 9.17) is 5.73 Å². The van der Waals surface area contributed by atoms with Crippen LogP contribution in [0.4, 0.5) is 11.4 Å². The zero-order valence-corrected chi connectivity index (χ0v) is 12.0. The van der Waals surface area contributed by atoms with E-state index in [0.717, 1.165) is 23.0 Å². The third-order valence-electron chi connectivity index (χ3n) is 3.62. The van der Waals surface area contributed by atoms with Crippen LogP contribution >= 0.6 is 0 Å². The summed E-state index contributed by atoms with van der Waals surface area (Å²) >= 11 is 0. The number of pyridine rings is 1. The van der Waals surface area contributed by atoms with E-state index in [9.17, 15) is 10.4 Å². The molecule has 0 aliphatic rings. The molecule has 1 heterocycles. The van der Waals surface area contributed by atoms with Crippen molar-refractivity contribution >= 4 is 33.2 Å². The first-order chi connectivity index (χ1) is 10.7. The van der Waals surface area contributed by atoms with E-state index in [1.54, 1.807) is 12.1 Å². The summed E-state index contributed by atoms with van der Waals surface area (Å²) in [7, 11) is 0. The molecule has 0 saturated heterocycles. The van der Waals surface area contributed by atoms with Gasteiger partial charge in [0, 0.05) is 18.0 Å². The number of benzene rings is 2. The van der Waals surface area contributed by atoms with Gasteiger partial charge in [0.05, 0.1) is 22.1 Å². The third kappa shape index (κ3) is 2.60. The minimum atomic E-state index is -0.954. The van der Waals surface area contributed by atoms with Gasteiger partial charge in [-0.1, -0.05) is 24.3 Å². The minimum Gasteiger partial charge on any atom is -0.595 e. The van der Waals surface area contributed by atoms with Crippen LogP contribution in [-0.2, 0) is 0 Å². The maximum Gasteiger partial charge on any atom is 0.175 e. The van der Waals surface area contributed by atoms with Crippen molar-refractivity contribution < 1.29 is 10.4 Å². The number of quaternary nitrogens is 1. The van der Waals surface area contributed by atoms with Crippen LogP contribution in [-0.4, -0.2) is 23.3 Å². The molecule has 1 unspecified atom stereocenters. The number of hydrogen-bond acceptors (Lipinski definition) is 5. The van der Waals surface area contributed by atoms with Gasteiger partial charge in [0.25, 0.3) is 0 Å². The SMILES string of the molecule is NCCCNc1c2ccccc2nc2cccc([NH+]([O-])O)c12. The molecular formula is C16H18N4O2. The highest BCUT2D eigenvalue weighted by Gasteiger charge is 2.15. The van der Waals surface area contributed by atoms with E-state index in [0.29, 0.717) is 24.0 Å². The first-order valence-electron chi connectivity index (χ1n) is 7.21. The summed E-state index contributed by atoms with van der Waals surface area (Å²) < 4.78 is 0. The van der Waals surface area contributed by atoms with Crippen LogP contribution in [0.2, 0.25) is 0 Å². The minimum absolute atomic E-state index is 0.256. The second-order valence-corrected chi connectivity index (χ2v) is 5.08. The lowest BCUT2D eigenvalue weighted by atomic mass is 10.1. The van der Waals surface area contributed by atoms with Gasteiger partial charge < -0.3 is 16.3 Å². The van der Waals surface area contributed by atoms with Gasteiger partial charge in [-0.2, -0.15) is 5.23 Å². The van der Waals surface area contributed by atoms with Gasteiger partial charge in [-0.25, -0.2) is 10.2 Å². The molecule has 0 aliphatic heterocycles. The largest absolute Gasteiger partial charge is 0.595 e. The monoisotopic (exact) mass is 298 g/mol. The lowest BCUT2D eigenvalue weighted by molar-refractivity contribution is -0.990. The summed E-state index contributed by atoms with van der Waals surface area (Å²) in [5, 5.41) is 25.0. The highest BCUT2D eigenvalue weighted by atomic mass is 16.8. The van der Waals surface area contributed by atoms with Crippen molar-refractivity contribution in [3.63, 3.8) is 0 Å². The van der Waals surface area contributed by atoms with Crippen molar-refractivity contribution in [2.24, 2.45) is 5.73 Å². The number of fused-ring (bicyclic) bond motifs is 2. The number of hydrogen-bond donors (Lipinski definition) is 4. The number of rotatable bonds is 5. The lowest BCUT2D eigenvalue weighted by Crippen LogP contribution is -2.99. The van der Waals surface area contributed by atoms with Crippen LogP contribution in [0.5, 0.6) is 0 Å². The van der Waals surface area contributed by atoms with E-state index < -0.39 is 5.23 Å². The van der Waals surface area contributed by atoms with Gasteiger partial charge in [0.15, 0.2) is 5.69 Å². The highest BCUT2D eigenvalue weighted by molar-refractivity contribution is 6.11. The van der Waals surface area contributed by atoms with Crippen molar-refractivity contribution in [3.05, 3.63) is 47.7 Å². The first-order valence-corrected chi connectivity index (χ1v) is 7.21. The fraction of sp³-hybridized carbons (Fsp3) is 0.188. The average molecular weight is 298 g/mol. The zero-order valence-electron chi connectivity index (χ0n) is 12.0.